The molecule has 12 rings (SSSR count). The first kappa shape index (κ1) is 41.7. The van der Waals surface area contributed by atoms with Gasteiger partial charge >= 0.3 is 0 Å². The number of benzene rings is 9. The molecular weight excluding hydrogens is 851 g/mol. The molecule has 0 spiro atoms. The highest BCUT2D eigenvalue weighted by atomic mass is 32.2. The Morgan fingerprint density at radius 3 is 1.16 bits per heavy atom. The largest absolute Gasteiger partial charge is 0.456 e. The minimum absolute atomic E-state index is 0.0907. The molecule has 0 unspecified atom stereocenters. The maximum Gasteiger partial charge on any atom is 0.139 e. The highest BCUT2D eigenvalue weighted by Gasteiger charge is 2.37. The summed E-state index contributed by atoms with van der Waals surface area (Å²) in [4.78, 5) is 7.74. The third-order valence-corrected chi connectivity index (χ3v) is 17.1. The van der Waals surface area contributed by atoms with Gasteiger partial charge in [-0.15, -0.1) is 0 Å². The van der Waals surface area contributed by atoms with Gasteiger partial charge in [-0.2, -0.15) is 0 Å². The van der Waals surface area contributed by atoms with E-state index in [0.717, 1.165) is 39.7 Å². The molecule has 326 valence electrons. The van der Waals surface area contributed by atoms with E-state index < -0.39 is 0 Å². The third-order valence-electron chi connectivity index (χ3n) is 14.7. The van der Waals surface area contributed by atoms with Crippen molar-refractivity contribution >= 4 is 40.6 Å². The second kappa shape index (κ2) is 15.7. The van der Waals surface area contributed by atoms with Crippen LogP contribution in [0.25, 0.3) is 33.4 Å². The quantitative estimate of drug-likeness (QED) is 0.165. The normalized spacial score (nSPS) is 15.4. The molecule has 0 saturated heterocycles. The highest BCUT2D eigenvalue weighted by Crippen LogP contribution is 2.55. The van der Waals surface area contributed by atoms with Gasteiger partial charge < -0.3 is 9.64 Å². The van der Waals surface area contributed by atoms with E-state index in [1.807, 2.05) is 23.5 Å². The molecule has 0 radical (unpaired) electrons. The first-order valence-electron chi connectivity index (χ1n) is 23.3. The van der Waals surface area contributed by atoms with E-state index in [0.29, 0.717) is 0 Å². The molecule has 0 saturated carbocycles. The lowest BCUT2D eigenvalue weighted by Gasteiger charge is -2.35. The van der Waals surface area contributed by atoms with E-state index in [1.165, 1.54) is 75.2 Å². The van der Waals surface area contributed by atoms with Crippen LogP contribution in [0.5, 0.6) is 11.5 Å². The van der Waals surface area contributed by atoms with Gasteiger partial charge in [0.05, 0.1) is 0 Å². The molecule has 0 aliphatic carbocycles. The Labute approximate surface area is 403 Å². The summed E-state index contributed by atoms with van der Waals surface area (Å²) in [6, 6.07) is 73.8. The van der Waals surface area contributed by atoms with Gasteiger partial charge in [0.2, 0.25) is 0 Å². The van der Waals surface area contributed by atoms with Crippen molar-refractivity contribution in [2.75, 3.05) is 4.90 Å². The Kier molecular flexibility index (Phi) is 9.76. The van der Waals surface area contributed by atoms with Crippen molar-refractivity contribution in [2.24, 2.45) is 0 Å². The zero-order valence-electron chi connectivity index (χ0n) is 38.7. The van der Waals surface area contributed by atoms with Crippen LogP contribution in [0.15, 0.2) is 220 Å². The molecule has 4 heteroatoms. The van der Waals surface area contributed by atoms with Gasteiger partial charge in [-0.05, 0) is 105 Å². The monoisotopic (exact) mass is 901 g/mol. The summed E-state index contributed by atoms with van der Waals surface area (Å²) in [5.74, 6) is 1.86. The van der Waals surface area contributed by atoms with E-state index in [2.05, 4.69) is 247 Å². The summed E-state index contributed by atoms with van der Waals surface area (Å²) in [5, 5.41) is 0. The second-order valence-corrected chi connectivity index (χ2v) is 21.8. The summed E-state index contributed by atoms with van der Waals surface area (Å²) in [7, 11) is 0. The molecule has 0 N–H and O–H groups in total. The number of ether oxygens (including phenoxy) is 1. The van der Waals surface area contributed by atoms with Crippen molar-refractivity contribution in [1.82, 2.24) is 0 Å². The standard InChI is InChI=1S/C63H51NOS2/c1-61(2)49-19-7-10-25-55(49)65-58-46(16-13-22-52(58)61)40-28-34-43(35-29-40)64(44-36-30-41(31-37-44)47-17-14-23-53-59(47)66-56-26-11-8-20-50(56)62(53,3)4)45-38-32-42(33-39-45)48-18-15-24-54-60(48)67-57-27-12-9-21-51(57)63(54,5)6/h7-39H,1-6H3. The van der Waals surface area contributed by atoms with Crippen LogP contribution in [0.4, 0.5) is 17.1 Å². The first-order chi connectivity index (χ1) is 32.5. The fraction of sp³-hybridized carbons (Fsp3) is 0.143. The number of anilines is 3. The molecule has 2 nitrogen and oxygen atoms in total. The van der Waals surface area contributed by atoms with Gasteiger partial charge in [-0.3, -0.25) is 0 Å². The summed E-state index contributed by atoms with van der Waals surface area (Å²) in [6.45, 7) is 14.0. The van der Waals surface area contributed by atoms with Crippen LogP contribution in [-0.2, 0) is 16.2 Å². The van der Waals surface area contributed by atoms with Crippen molar-refractivity contribution in [1.29, 1.82) is 0 Å². The van der Waals surface area contributed by atoms with Gasteiger partial charge in [-0.1, -0.05) is 211 Å². The molecule has 0 bridgehead atoms. The number of nitrogens with zero attached hydrogens (tertiary/aromatic N) is 1. The maximum absolute atomic E-state index is 6.72. The minimum atomic E-state index is -0.188. The van der Waals surface area contributed by atoms with Gasteiger partial charge in [0.25, 0.3) is 0 Å². The van der Waals surface area contributed by atoms with Crippen LogP contribution in [0, 0.1) is 0 Å². The minimum Gasteiger partial charge on any atom is -0.456 e. The molecule has 0 atom stereocenters. The van der Waals surface area contributed by atoms with Crippen molar-refractivity contribution in [2.45, 2.75) is 77.4 Å². The van der Waals surface area contributed by atoms with E-state index in [9.17, 15) is 0 Å². The van der Waals surface area contributed by atoms with Crippen LogP contribution in [0.1, 0.15) is 74.9 Å². The predicted molar refractivity (Wildman–Crippen MR) is 281 cm³/mol. The van der Waals surface area contributed by atoms with Crippen molar-refractivity contribution < 1.29 is 4.74 Å². The van der Waals surface area contributed by atoms with Gasteiger partial charge in [-0.25, -0.2) is 0 Å². The van der Waals surface area contributed by atoms with Gasteiger partial charge in [0, 0.05) is 69.6 Å². The summed E-state index contributed by atoms with van der Waals surface area (Å²) in [6.07, 6.45) is 0. The van der Waals surface area contributed by atoms with E-state index in [4.69, 9.17) is 4.74 Å². The Bertz CT molecular complexity index is 3040. The third kappa shape index (κ3) is 6.71. The summed E-state index contributed by atoms with van der Waals surface area (Å²) < 4.78 is 6.72. The predicted octanol–water partition coefficient (Wildman–Crippen LogP) is 18.2. The van der Waals surface area contributed by atoms with Crippen LogP contribution in [0.2, 0.25) is 0 Å². The zero-order valence-corrected chi connectivity index (χ0v) is 40.4. The molecule has 67 heavy (non-hydrogen) atoms. The first-order valence-corrected chi connectivity index (χ1v) is 25.0. The fourth-order valence-electron chi connectivity index (χ4n) is 10.9. The van der Waals surface area contributed by atoms with E-state index in [1.54, 1.807) is 0 Å². The SMILES string of the molecule is CC1(C)c2ccccc2Oc2c(-c3ccc(N(c4ccc(-c5cccc6c5Sc5ccccc5C6(C)C)cc4)c4ccc(-c5cccc6c5Sc5ccccc5C6(C)C)cc4)cc3)cccc21. The smallest absolute Gasteiger partial charge is 0.139 e. The maximum atomic E-state index is 6.72. The summed E-state index contributed by atoms with van der Waals surface area (Å²) >= 11 is 3.80. The molecule has 9 aromatic carbocycles. The van der Waals surface area contributed by atoms with Gasteiger partial charge in [0.1, 0.15) is 11.5 Å². The number of para-hydroxylation sites is 2. The van der Waals surface area contributed by atoms with Crippen molar-refractivity contribution in [3.8, 4) is 44.9 Å². The number of hydrogen-bond donors (Lipinski definition) is 0. The Morgan fingerprint density at radius 1 is 0.328 bits per heavy atom. The van der Waals surface area contributed by atoms with Crippen LogP contribution < -0.4 is 9.64 Å². The molecular formula is C63H51NOS2. The Balaban J connectivity index is 0.935. The van der Waals surface area contributed by atoms with Crippen LogP contribution >= 0.6 is 23.5 Å². The van der Waals surface area contributed by atoms with Crippen LogP contribution in [-0.4, -0.2) is 0 Å². The molecule has 0 aromatic heterocycles. The average Bonchev–Trinajstić information content (AvgIpc) is 3.35. The molecule has 3 aliphatic heterocycles. The molecule has 3 heterocycles. The Hall–Kier alpha value is -6.72. The molecule has 0 fully saturated rings. The van der Waals surface area contributed by atoms with Crippen molar-refractivity contribution in [3.05, 3.63) is 234 Å². The lowest BCUT2D eigenvalue weighted by Crippen LogP contribution is -2.24. The Morgan fingerprint density at radius 2 is 0.687 bits per heavy atom. The van der Waals surface area contributed by atoms with E-state index >= 15 is 0 Å². The molecule has 0 amide bonds. The zero-order chi connectivity index (χ0) is 45.7. The van der Waals surface area contributed by atoms with Crippen molar-refractivity contribution in [3.63, 3.8) is 0 Å². The molecule has 9 aromatic rings. The number of rotatable bonds is 6. The second-order valence-electron chi connectivity index (χ2n) is 19.7. The summed E-state index contributed by atoms with van der Waals surface area (Å²) in [5.41, 5.74) is 18.0. The molecule has 3 aliphatic rings. The van der Waals surface area contributed by atoms with Gasteiger partial charge in [0.15, 0.2) is 0 Å². The topological polar surface area (TPSA) is 12.5 Å². The fourth-order valence-corrected chi connectivity index (χ4v) is 14.0. The number of hydrogen-bond acceptors (Lipinski definition) is 4. The highest BCUT2D eigenvalue weighted by molar-refractivity contribution is 8.00. The lowest BCUT2D eigenvalue weighted by atomic mass is 9.75. The number of fused-ring (bicyclic) bond motifs is 6. The lowest BCUT2D eigenvalue weighted by molar-refractivity contribution is 0.419. The average molecular weight is 902 g/mol. The van der Waals surface area contributed by atoms with E-state index in [-0.39, 0.29) is 16.2 Å². The van der Waals surface area contributed by atoms with Crippen LogP contribution in [0.3, 0.4) is 0 Å².